The number of nitrogens with zero attached hydrogens (tertiary/aromatic N) is 4. The summed E-state index contributed by atoms with van der Waals surface area (Å²) in [7, 11) is 5.43. The van der Waals surface area contributed by atoms with Gasteiger partial charge in [0, 0.05) is 33.2 Å². The summed E-state index contributed by atoms with van der Waals surface area (Å²) in [6.07, 6.45) is 6.11. The van der Waals surface area contributed by atoms with Gasteiger partial charge in [0.05, 0.1) is 12.1 Å². The van der Waals surface area contributed by atoms with Crippen LogP contribution >= 0.6 is 0 Å². The molecule has 10 nitrogen and oxygen atoms in total. The van der Waals surface area contributed by atoms with Crippen molar-refractivity contribution in [1.82, 2.24) is 30.2 Å². The maximum absolute atomic E-state index is 14.0. The van der Waals surface area contributed by atoms with E-state index in [0.29, 0.717) is 19.5 Å². The molecule has 0 bridgehead atoms. The highest BCUT2D eigenvalue weighted by Crippen LogP contribution is 2.28. The van der Waals surface area contributed by atoms with E-state index in [2.05, 4.69) is 34.3 Å². The fraction of sp³-hybridized carbons (Fsp3) is 0.867. The number of nitrogens with one attached hydrogen (secondary N) is 2. The lowest BCUT2D eigenvalue weighted by Gasteiger charge is -2.41. The van der Waals surface area contributed by atoms with E-state index < -0.39 is 17.5 Å². The number of hydrogen-bond acceptors (Lipinski definition) is 6. The Labute approximate surface area is 241 Å². The van der Waals surface area contributed by atoms with E-state index in [4.69, 9.17) is 0 Å². The van der Waals surface area contributed by atoms with Crippen LogP contribution in [0.15, 0.2) is 0 Å². The van der Waals surface area contributed by atoms with E-state index in [0.717, 1.165) is 51.6 Å². The Morgan fingerprint density at radius 1 is 0.875 bits per heavy atom. The predicted octanol–water partition coefficient (Wildman–Crippen LogP) is 1.69. The van der Waals surface area contributed by atoms with Gasteiger partial charge in [0.1, 0.15) is 12.1 Å². The maximum Gasteiger partial charge on any atom is 0.245 e. The molecule has 0 spiro atoms. The summed E-state index contributed by atoms with van der Waals surface area (Å²) in [6.45, 7) is 13.0. The molecule has 40 heavy (non-hydrogen) atoms. The molecule has 3 aliphatic rings. The number of likely N-dealkylation sites (N-methyl/N-ethyl adjacent to an activating group) is 3. The van der Waals surface area contributed by atoms with Crippen molar-refractivity contribution in [3.8, 4) is 0 Å². The minimum absolute atomic E-state index is 0.0246. The summed E-state index contributed by atoms with van der Waals surface area (Å²) in [5.74, 6) is -0.103. The molecule has 0 aromatic carbocycles. The second-order valence-electron chi connectivity index (χ2n) is 13.5. The van der Waals surface area contributed by atoms with Crippen molar-refractivity contribution in [3.63, 3.8) is 0 Å². The van der Waals surface area contributed by atoms with E-state index in [9.17, 15) is 19.2 Å². The molecule has 0 aromatic rings. The third-order valence-corrected chi connectivity index (χ3v) is 9.24. The lowest BCUT2D eigenvalue weighted by Crippen LogP contribution is -2.61. The zero-order chi connectivity index (χ0) is 29.8. The maximum atomic E-state index is 14.0. The number of likely N-dealkylation sites (tertiary alicyclic amines) is 3. The van der Waals surface area contributed by atoms with Gasteiger partial charge in [0.25, 0.3) is 0 Å². The second kappa shape index (κ2) is 13.6. The van der Waals surface area contributed by atoms with Crippen LogP contribution in [0.1, 0.15) is 79.6 Å². The van der Waals surface area contributed by atoms with Crippen LogP contribution in [0.4, 0.5) is 0 Å². The normalized spacial score (nSPS) is 26.0. The highest BCUT2D eigenvalue weighted by atomic mass is 16.2. The summed E-state index contributed by atoms with van der Waals surface area (Å²) in [5.41, 5.74) is -0.466. The van der Waals surface area contributed by atoms with Gasteiger partial charge >= 0.3 is 0 Å². The lowest BCUT2D eigenvalue weighted by molar-refractivity contribution is -0.144. The van der Waals surface area contributed by atoms with Crippen molar-refractivity contribution in [2.75, 3.05) is 47.3 Å². The Hall–Kier alpha value is -2.20. The van der Waals surface area contributed by atoms with Crippen molar-refractivity contribution in [2.24, 2.45) is 11.3 Å². The molecule has 0 aromatic heterocycles. The van der Waals surface area contributed by atoms with Crippen LogP contribution in [0.3, 0.4) is 0 Å². The van der Waals surface area contributed by atoms with Gasteiger partial charge in [-0.2, -0.15) is 0 Å². The monoisotopic (exact) mass is 562 g/mol. The van der Waals surface area contributed by atoms with E-state index in [1.807, 2.05) is 34.9 Å². The summed E-state index contributed by atoms with van der Waals surface area (Å²) in [5, 5.41) is 5.83. The number of rotatable bonds is 9. The zero-order valence-corrected chi connectivity index (χ0v) is 26.2. The van der Waals surface area contributed by atoms with E-state index >= 15 is 0 Å². The minimum Gasteiger partial charge on any atom is -0.357 e. The van der Waals surface area contributed by atoms with E-state index in [1.165, 1.54) is 0 Å². The largest absolute Gasteiger partial charge is 0.357 e. The first-order valence-corrected chi connectivity index (χ1v) is 15.3. The van der Waals surface area contributed by atoms with Crippen LogP contribution in [-0.2, 0) is 19.2 Å². The highest BCUT2D eigenvalue weighted by Gasteiger charge is 2.43. The van der Waals surface area contributed by atoms with E-state index in [1.54, 1.807) is 16.8 Å². The summed E-state index contributed by atoms with van der Waals surface area (Å²) in [6, 6.07) is -1.68. The molecular weight excluding hydrogens is 508 g/mol. The third-order valence-electron chi connectivity index (χ3n) is 9.24. The fourth-order valence-electron chi connectivity index (χ4n) is 6.67. The van der Waals surface area contributed by atoms with Crippen LogP contribution in [-0.4, -0.2) is 121 Å². The van der Waals surface area contributed by atoms with Crippen molar-refractivity contribution in [1.29, 1.82) is 0 Å². The van der Waals surface area contributed by atoms with Gasteiger partial charge < -0.3 is 20.4 Å². The molecule has 0 radical (unpaired) electrons. The Kier molecular flexibility index (Phi) is 11.0. The molecule has 0 saturated carbocycles. The van der Waals surface area contributed by atoms with E-state index in [-0.39, 0.29) is 47.7 Å². The number of piperidine rings is 1. The summed E-state index contributed by atoms with van der Waals surface area (Å²) in [4.78, 5) is 61.3. The lowest BCUT2D eigenvalue weighted by atomic mass is 9.84. The quantitative estimate of drug-likeness (QED) is 0.443. The molecule has 3 aliphatic heterocycles. The number of hydrogen-bond donors (Lipinski definition) is 2. The predicted molar refractivity (Wildman–Crippen MR) is 156 cm³/mol. The van der Waals surface area contributed by atoms with Crippen molar-refractivity contribution < 1.29 is 19.2 Å². The minimum atomic E-state index is -0.657. The van der Waals surface area contributed by atoms with Gasteiger partial charge in [-0.1, -0.05) is 41.0 Å². The smallest absolute Gasteiger partial charge is 0.245 e. The molecule has 4 amide bonds. The number of amides is 4. The average molecular weight is 563 g/mol. The molecule has 0 aliphatic carbocycles. The van der Waals surface area contributed by atoms with Gasteiger partial charge in [0.2, 0.25) is 23.6 Å². The molecule has 3 heterocycles. The highest BCUT2D eigenvalue weighted by molar-refractivity contribution is 5.91. The van der Waals surface area contributed by atoms with Gasteiger partial charge in [-0.25, -0.2) is 0 Å². The first-order valence-electron chi connectivity index (χ1n) is 15.3. The zero-order valence-electron chi connectivity index (χ0n) is 26.2. The number of carbonyl (C=O) groups is 4. The molecule has 3 saturated heterocycles. The van der Waals surface area contributed by atoms with Crippen LogP contribution in [0, 0.1) is 11.3 Å². The standard InChI is InChI=1S/C30H54N6O4/c1-20(2)24(19-35-17-11-15-23(35)28(39)36-18-12-14-22(36)26(37)31-6)34(8)29(40)25(30(3,4)5)32-27(38)21-13-9-10-16-33(21)7/h20-25H,9-19H2,1-8H3,(H,31,37)(H,32,38)/t21-,22+,23+,24-,25-/m1/s1. The topological polar surface area (TPSA) is 105 Å². The molecule has 2 N–H and O–H groups in total. The van der Waals surface area contributed by atoms with Crippen molar-refractivity contribution in [3.05, 3.63) is 0 Å². The summed E-state index contributed by atoms with van der Waals surface area (Å²) < 4.78 is 0. The van der Waals surface area contributed by atoms with Gasteiger partial charge in [-0.05, 0) is 70.0 Å². The molecular formula is C30H54N6O4. The van der Waals surface area contributed by atoms with Crippen molar-refractivity contribution in [2.45, 2.75) is 110 Å². The first kappa shape index (κ1) is 32.3. The third kappa shape index (κ3) is 7.35. The van der Waals surface area contributed by atoms with Gasteiger partial charge in [-0.15, -0.1) is 0 Å². The second-order valence-corrected chi connectivity index (χ2v) is 13.5. The van der Waals surface area contributed by atoms with Crippen molar-refractivity contribution >= 4 is 23.6 Å². The molecule has 10 heteroatoms. The molecule has 228 valence electrons. The first-order chi connectivity index (χ1) is 18.8. The van der Waals surface area contributed by atoms with Gasteiger partial charge in [0.15, 0.2) is 0 Å². The molecule has 0 unspecified atom stereocenters. The van der Waals surface area contributed by atoms with Gasteiger partial charge in [-0.3, -0.25) is 29.0 Å². The SMILES string of the molecule is CNC(=O)[C@@H]1CCCN1C(=O)[C@@H]1CCCN1C[C@H](C(C)C)N(C)C(=O)[C@@H](NC(=O)[C@H]1CCCCN1C)C(C)(C)C. The Morgan fingerprint density at radius 2 is 1.50 bits per heavy atom. The molecule has 3 rings (SSSR count). The van der Waals surface area contributed by atoms with Crippen LogP contribution in [0.25, 0.3) is 0 Å². The molecule has 3 fully saturated rings. The Bertz CT molecular complexity index is 918. The summed E-state index contributed by atoms with van der Waals surface area (Å²) >= 11 is 0. The Balaban J connectivity index is 1.74. The molecule has 5 atom stereocenters. The fourth-order valence-corrected chi connectivity index (χ4v) is 6.67. The van der Waals surface area contributed by atoms with Crippen LogP contribution < -0.4 is 10.6 Å². The average Bonchev–Trinajstić information content (AvgIpc) is 3.58. The number of carbonyl (C=O) groups excluding carboxylic acids is 4. The Morgan fingerprint density at radius 3 is 2.10 bits per heavy atom. The van der Waals surface area contributed by atoms with Crippen LogP contribution in [0.2, 0.25) is 0 Å². The van der Waals surface area contributed by atoms with Crippen LogP contribution in [0.5, 0.6) is 0 Å².